The summed E-state index contributed by atoms with van der Waals surface area (Å²) in [6, 6.07) is 5.10. The largest absolute Gasteiger partial charge is 0.462 e. The molecule has 1 aromatic carbocycles. The minimum absolute atomic E-state index is 0. The molecule has 0 saturated carbocycles. The fourth-order valence-electron chi connectivity index (χ4n) is 2.04. The lowest BCUT2D eigenvalue weighted by molar-refractivity contribution is 0.0526. The Balaban J connectivity index is 0.00000180. The van der Waals surface area contributed by atoms with Gasteiger partial charge >= 0.3 is 5.97 Å². The predicted octanol–water partition coefficient (Wildman–Crippen LogP) is 1.62. The third-order valence-electron chi connectivity index (χ3n) is 2.90. The van der Waals surface area contributed by atoms with E-state index in [1.165, 1.54) is 0 Å². The van der Waals surface area contributed by atoms with E-state index in [9.17, 15) is 9.59 Å². The average Bonchev–Trinajstić information content (AvgIpc) is 2.67. The quantitative estimate of drug-likeness (QED) is 0.856. The molecule has 2 N–H and O–H groups in total. The van der Waals surface area contributed by atoms with Gasteiger partial charge in [-0.2, -0.15) is 0 Å². The van der Waals surface area contributed by atoms with E-state index >= 15 is 0 Å². The first-order valence-electron chi connectivity index (χ1n) is 5.96. The number of halogens is 2. The molecule has 0 aromatic heterocycles. The van der Waals surface area contributed by atoms with Gasteiger partial charge in [0.1, 0.15) is 0 Å². The minimum atomic E-state index is -0.398. The molecule has 0 radical (unpaired) electrons. The highest BCUT2D eigenvalue weighted by atomic mass is 35.5. The Hall–Kier alpha value is -1.30. The lowest BCUT2D eigenvalue weighted by Crippen LogP contribution is -2.29. The van der Waals surface area contributed by atoms with Crippen molar-refractivity contribution in [3.05, 3.63) is 34.9 Å². The number of esters is 1. The van der Waals surface area contributed by atoms with Gasteiger partial charge in [-0.15, -0.1) is 24.8 Å². The number of hydrogen-bond donors (Lipinski definition) is 1. The molecule has 112 valence electrons. The van der Waals surface area contributed by atoms with Crippen LogP contribution in [-0.4, -0.2) is 36.5 Å². The number of nitrogens with two attached hydrogens (primary N) is 1. The summed E-state index contributed by atoms with van der Waals surface area (Å²) < 4.78 is 4.91. The van der Waals surface area contributed by atoms with E-state index in [0.29, 0.717) is 37.4 Å². The Bertz CT molecular complexity index is 495. The maximum Gasteiger partial charge on any atom is 0.338 e. The Labute approximate surface area is 130 Å². The second-order valence-corrected chi connectivity index (χ2v) is 4.11. The van der Waals surface area contributed by atoms with Crippen LogP contribution in [0.2, 0.25) is 0 Å². The first kappa shape index (κ1) is 18.7. The van der Waals surface area contributed by atoms with Crippen molar-refractivity contribution >= 4 is 36.7 Å². The Kier molecular flexibility index (Phi) is 7.57. The van der Waals surface area contributed by atoms with Gasteiger partial charge in [-0.25, -0.2) is 4.79 Å². The third kappa shape index (κ3) is 3.62. The van der Waals surface area contributed by atoms with Crippen LogP contribution in [0.1, 0.15) is 33.2 Å². The second kappa shape index (κ2) is 8.09. The molecule has 1 aromatic rings. The van der Waals surface area contributed by atoms with Gasteiger partial charge in [0, 0.05) is 25.2 Å². The molecule has 1 aliphatic heterocycles. The summed E-state index contributed by atoms with van der Waals surface area (Å²) in [6.07, 6.45) is 0. The highest BCUT2D eigenvalue weighted by Gasteiger charge is 2.27. The zero-order valence-electron chi connectivity index (χ0n) is 11.1. The lowest BCUT2D eigenvalue weighted by atomic mass is 10.1. The SMILES string of the molecule is CCOC(=O)c1ccc2c(c1)C(=O)N(CCN)C2.Cl.Cl. The van der Waals surface area contributed by atoms with Gasteiger partial charge < -0.3 is 15.4 Å². The molecule has 7 heteroatoms. The molecule has 2 rings (SSSR count). The van der Waals surface area contributed by atoms with Crippen LogP contribution >= 0.6 is 24.8 Å². The molecule has 5 nitrogen and oxygen atoms in total. The summed E-state index contributed by atoms with van der Waals surface area (Å²) in [6.45, 7) is 3.60. The van der Waals surface area contributed by atoms with E-state index in [1.807, 2.05) is 0 Å². The van der Waals surface area contributed by atoms with Gasteiger partial charge in [0.05, 0.1) is 12.2 Å². The van der Waals surface area contributed by atoms with Gasteiger partial charge in [0.15, 0.2) is 0 Å². The zero-order chi connectivity index (χ0) is 13.1. The smallest absolute Gasteiger partial charge is 0.338 e. The first-order chi connectivity index (χ1) is 8.67. The van der Waals surface area contributed by atoms with Crippen molar-refractivity contribution in [3.8, 4) is 0 Å². The highest BCUT2D eigenvalue weighted by molar-refractivity contribution is 6.01. The van der Waals surface area contributed by atoms with E-state index in [4.69, 9.17) is 10.5 Å². The molecule has 0 fully saturated rings. The number of carbonyl (C=O) groups is 2. The number of benzene rings is 1. The Morgan fingerprint density at radius 3 is 2.70 bits per heavy atom. The maximum atomic E-state index is 12.0. The van der Waals surface area contributed by atoms with Crippen LogP contribution in [0.3, 0.4) is 0 Å². The zero-order valence-corrected chi connectivity index (χ0v) is 12.8. The van der Waals surface area contributed by atoms with E-state index in [-0.39, 0.29) is 30.7 Å². The minimum Gasteiger partial charge on any atom is -0.462 e. The fraction of sp³-hybridized carbons (Fsp3) is 0.385. The summed E-state index contributed by atoms with van der Waals surface area (Å²) in [5.41, 5.74) is 7.38. The standard InChI is InChI=1S/C13H16N2O3.2ClH/c1-2-18-13(17)9-3-4-10-8-15(6-5-14)12(16)11(10)7-9;;/h3-4,7H,2,5-6,8,14H2,1H3;2*1H. The van der Waals surface area contributed by atoms with Crippen LogP contribution in [0.15, 0.2) is 18.2 Å². The van der Waals surface area contributed by atoms with Crippen LogP contribution in [-0.2, 0) is 11.3 Å². The molecule has 0 bridgehead atoms. The third-order valence-corrected chi connectivity index (χ3v) is 2.90. The molecule has 0 atom stereocenters. The summed E-state index contributed by atoms with van der Waals surface area (Å²) in [5.74, 6) is -0.466. The van der Waals surface area contributed by atoms with Gasteiger partial charge in [-0.05, 0) is 24.6 Å². The van der Waals surface area contributed by atoms with Crippen LogP contribution in [0.4, 0.5) is 0 Å². The van der Waals surface area contributed by atoms with Crippen molar-refractivity contribution in [2.24, 2.45) is 5.73 Å². The van der Waals surface area contributed by atoms with Crippen LogP contribution in [0.25, 0.3) is 0 Å². The van der Waals surface area contributed by atoms with Crippen LogP contribution in [0, 0.1) is 0 Å². The van der Waals surface area contributed by atoms with Crippen molar-refractivity contribution in [3.63, 3.8) is 0 Å². The van der Waals surface area contributed by atoms with Crippen molar-refractivity contribution in [2.45, 2.75) is 13.5 Å². The molecule has 0 unspecified atom stereocenters. The molecular formula is C13H18Cl2N2O3. The van der Waals surface area contributed by atoms with Gasteiger partial charge in [-0.1, -0.05) is 6.07 Å². The lowest BCUT2D eigenvalue weighted by Gasteiger charge is -2.13. The van der Waals surface area contributed by atoms with Crippen molar-refractivity contribution in [2.75, 3.05) is 19.7 Å². The number of nitrogens with zero attached hydrogens (tertiary/aromatic N) is 1. The van der Waals surface area contributed by atoms with Crippen LogP contribution < -0.4 is 5.73 Å². The summed E-state index contributed by atoms with van der Waals surface area (Å²) in [7, 11) is 0. The number of fused-ring (bicyclic) bond motifs is 1. The molecule has 0 aliphatic carbocycles. The van der Waals surface area contributed by atoms with E-state index in [1.54, 1.807) is 30.0 Å². The van der Waals surface area contributed by atoms with Gasteiger partial charge in [-0.3, -0.25) is 4.79 Å². The maximum absolute atomic E-state index is 12.0. The first-order valence-corrected chi connectivity index (χ1v) is 5.96. The van der Waals surface area contributed by atoms with Crippen molar-refractivity contribution in [1.82, 2.24) is 4.90 Å². The van der Waals surface area contributed by atoms with Gasteiger partial charge in [0.25, 0.3) is 5.91 Å². The number of hydrogen-bond acceptors (Lipinski definition) is 4. The topological polar surface area (TPSA) is 72.6 Å². The molecular weight excluding hydrogens is 303 g/mol. The van der Waals surface area contributed by atoms with Crippen LogP contribution in [0.5, 0.6) is 0 Å². The number of ether oxygens (including phenoxy) is 1. The molecule has 1 heterocycles. The summed E-state index contributed by atoms with van der Waals surface area (Å²) >= 11 is 0. The fourth-order valence-corrected chi connectivity index (χ4v) is 2.04. The Morgan fingerprint density at radius 2 is 2.10 bits per heavy atom. The molecule has 1 amide bonds. The number of carbonyl (C=O) groups excluding carboxylic acids is 2. The predicted molar refractivity (Wildman–Crippen MR) is 80.7 cm³/mol. The Morgan fingerprint density at radius 1 is 1.40 bits per heavy atom. The summed E-state index contributed by atoms with van der Waals surface area (Å²) in [5, 5.41) is 0. The number of amides is 1. The van der Waals surface area contributed by atoms with Crippen molar-refractivity contribution < 1.29 is 14.3 Å². The van der Waals surface area contributed by atoms with Gasteiger partial charge in [0.2, 0.25) is 0 Å². The summed E-state index contributed by atoms with van der Waals surface area (Å²) in [4.78, 5) is 25.3. The van der Waals surface area contributed by atoms with Crippen molar-refractivity contribution in [1.29, 1.82) is 0 Å². The van der Waals surface area contributed by atoms with E-state index in [2.05, 4.69) is 0 Å². The molecule has 0 saturated heterocycles. The second-order valence-electron chi connectivity index (χ2n) is 4.11. The monoisotopic (exact) mass is 320 g/mol. The highest BCUT2D eigenvalue weighted by Crippen LogP contribution is 2.23. The van der Waals surface area contributed by atoms with E-state index < -0.39 is 5.97 Å². The molecule has 1 aliphatic rings. The molecule has 0 spiro atoms. The normalized spacial score (nSPS) is 12.3. The van der Waals surface area contributed by atoms with E-state index in [0.717, 1.165) is 5.56 Å². The number of rotatable bonds is 4. The molecule has 20 heavy (non-hydrogen) atoms. The average molecular weight is 321 g/mol.